The standard InChI is InChI=1S/C18H20N4O4/c1-4-25-17(23)14(18(24)26-5-2)11-21-15-7-9-20-16(22-15)13-6-8-19-12(3)10-13/h6-11H,4-5H2,1-3H3,(H,20,21,22). The van der Waals surface area contributed by atoms with Crippen LogP contribution in [0.15, 0.2) is 42.4 Å². The summed E-state index contributed by atoms with van der Waals surface area (Å²) in [4.78, 5) is 36.6. The minimum Gasteiger partial charge on any atom is -0.462 e. The normalized spacial score (nSPS) is 9.96. The summed E-state index contributed by atoms with van der Waals surface area (Å²) < 4.78 is 9.76. The number of hydrogen-bond acceptors (Lipinski definition) is 8. The lowest BCUT2D eigenvalue weighted by Crippen LogP contribution is -2.19. The predicted octanol–water partition coefficient (Wildman–Crippen LogP) is 2.27. The van der Waals surface area contributed by atoms with Crippen LogP contribution in [0.3, 0.4) is 0 Å². The summed E-state index contributed by atoms with van der Waals surface area (Å²) in [5.41, 5.74) is 1.41. The maximum atomic E-state index is 11.9. The van der Waals surface area contributed by atoms with Gasteiger partial charge in [-0.2, -0.15) is 0 Å². The smallest absolute Gasteiger partial charge is 0.347 e. The van der Waals surface area contributed by atoms with Crippen molar-refractivity contribution >= 4 is 17.8 Å². The summed E-state index contributed by atoms with van der Waals surface area (Å²) in [5.74, 6) is -0.631. The van der Waals surface area contributed by atoms with Crippen LogP contribution in [0.2, 0.25) is 0 Å². The maximum Gasteiger partial charge on any atom is 0.347 e. The Morgan fingerprint density at radius 1 is 1.08 bits per heavy atom. The molecule has 0 bridgehead atoms. The molecule has 0 aliphatic rings. The van der Waals surface area contributed by atoms with Gasteiger partial charge >= 0.3 is 11.9 Å². The van der Waals surface area contributed by atoms with E-state index >= 15 is 0 Å². The van der Waals surface area contributed by atoms with Gasteiger partial charge in [-0.25, -0.2) is 19.6 Å². The number of carbonyl (C=O) groups excluding carboxylic acids is 2. The molecule has 1 N–H and O–H groups in total. The van der Waals surface area contributed by atoms with Gasteiger partial charge in [-0.15, -0.1) is 0 Å². The first-order chi connectivity index (χ1) is 12.5. The molecule has 26 heavy (non-hydrogen) atoms. The number of hydrogen-bond donors (Lipinski definition) is 1. The zero-order valence-electron chi connectivity index (χ0n) is 14.9. The third kappa shape index (κ3) is 5.10. The van der Waals surface area contributed by atoms with Gasteiger partial charge < -0.3 is 14.8 Å². The van der Waals surface area contributed by atoms with Gasteiger partial charge in [0.1, 0.15) is 5.82 Å². The molecule has 0 spiro atoms. The van der Waals surface area contributed by atoms with Crippen molar-refractivity contribution < 1.29 is 19.1 Å². The van der Waals surface area contributed by atoms with E-state index < -0.39 is 11.9 Å². The Morgan fingerprint density at radius 3 is 2.35 bits per heavy atom. The number of aryl methyl sites for hydroxylation is 1. The second kappa shape index (κ2) is 9.26. The average Bonchev–Trinajstić information content (AvgIpc) is 2.62. The van der Waals surface area contributed by atoms with Crippen molar-refractivity contribution in [3.8, 4) is 11.4 Å². The molecule has 2 aromatic heterocycles. The van der Waals surface area contributed by atoms with Gasteiger partial charge in [0.05, 0.1) is 13.2 Å². The van der Waals surface area contributed by atoms with Crippen molar-refractivity contribution in [2.24, 2.45) is 0 Å². The fourth-order valence-corrected chi connectivity index (χ4v) is 2.03. The maximum absolute atomic E-state index is 11.9. The lowest BCUT2D eigenvalue weighted by Gasteiger charge is -2.08. The van der Waals surface area contributed by atoms with Crippen molar-refractivity contribution in [1.82, 2.24) is 15.0 Å². The molecule has 2 rings (SSSR count). The summed E-state index contributed by atoms with van der Waals surface area (Å²) in [6, 6.07) is 5.27. The highest BCUT2D eigenvalue weighted by Gasteiger charge is 2.21. The number of pyridine rings is 1. The molecular weight excluding hydrogens is 336 g/mol. The van der Waals surface area contributed by atoms with Crippen LogP contribution in [0.5, 0.6) is 0 Å². The number of esters is 2. The van der Waals surface area contributed by atoms with Crippen molar-refractivity contribution in [1.29, 1.82) is 0 Å². The highest BCUT2D eigenvalue weighted by atomic mass is 16.6. The van der Waals surface area contributed by atoms with Crippen LogP contribution >= 0.6 is 0 Å². The van der Waals surface area contributed by atoms with E-state index in [4.69, 9.17) is 9.47 Å². The van der Waals surface area contributed by atoms with Crippen molar-refractivity contribution in [3.63, 3.8) is 0 Å². The monoisotopic (exact) mass is 356 g/mol. The summed E-state index contributed by atoms with van der Waals surface area (Å²) in [7, 11) is 0. The van der Waals surface area contributed by atoms with Crippen molar-refractivity contribution in [2.75, 3.05) is 18.5 Å². The number of nitrogens with zero attached hydrogens (tertiary/aromatic N) is 3. The van der Waals surface area contributed by atoms with Crippen molar-refractivity contribution in [3.05, 3.63) is 48.1 Å². The Labute approximate surface area is 151 Å². The molecule has 0 amide bonds. The number of carbonyl (C=O) groups is 2. The van der Waals surface area contributed by atoms with Gasteiger partial charge in [-0.1, -0.05) is 0 Å². The van der Waals surface area contributed by atoms with Crippen LogP contribution in [0.4, 0.5) is 5.82 Å². The molecule has 0 radical (unpaired) electrons. The molecule has 8 nitrogen and oxygen atoms in total. The van der Waals surface area contributed by atoms with E-state index in [1.165, 1.54) is 6.20 Å². The average molecular weight is 356 g/mol. The molecule has 0 aromatic carbocycles. The van der Waals surface area contributed by atoms with Gasteiger partial charge in [0.15, 0.2) is 11.4 Å². The van der Waals surface area contributed by atoms with Crippen LogP contribution in [0.25, 0.3) is 11.4 Å². The zero-order valence-corrected chi connectivity index (χ0v) is 14.9. The van der Waals surface area contributed by atoms with E-state index in [0.717, 1.165) is 11.3 Å². The quantitative estimate of drug-likeness (QED) is 0.349. The summed E-state index contributed by atoms with van der Waals surface area (Å²) in [6.07, 6.45) is 4.47. The first-order valence-electron chi connectivity index (χ1n) is 8.12. The fraction of sp³-hybridized carbons (Fsp3) is 0.278. The van der Waals surface area contributed by atoms with Gasteiger partial charge in [0.25, 0.3) is 0 Å². The topological polar surface area (TPSA) is 103 Å². The first kappa shape index (κ1) is 19.0. The van der Waals surface area contributed by atoms with Crippen molar-refractivity contribution in [2.45, 2.75) is 20.8 Å². The highest BCUT2D eigenvalue weighted by molar-refractivity contribution is 6.14. The molecule has 8 heteroatoms. The molecule has 2 heterocycles. The minimum atomic E-state index is -0.766. The molecule has 0 saturated carbocycles. The second-order valence-electron chi connectivity index (χ2n) is 5.09. The van der Waals surface area contributed by atoms with Gasteiger partial charge in [-0.05, 0) is 39.0 Å². The molecule has 0 unspecified atom stereocenters. The van der Waals surface area contributed by atoms with Crippen LogP contribution in [0.1, 0.15) is 19.5 Å². The van der Waals surface area contributed by atoms with E-state index in [1.807, 2.05) is 13.0 Å². The number of nitrogens with one attached hydrogen (secondary N) is 1. The number of aromatic nitrogens is 3. The molecule has 0 saturated heterocycles. The largest absolute Gasteiger partial charge is 0.462 e. The Balaban J connectivity index is 2.25. The third-order valence-electron chi connectivity index (χ3n) is 3.17. The van der Waals surface area contributed by atoms with E-state index in [0.29, 0.717) is 11.6 Å². The third-order valence-corrected chi connectivity index (χ3v) is 3.17. The highest BCUT2D eigenvalue weighted by Crippen LogP contribution is 2.16. The second-order valence-corrected chi connectivity index (χ2v) is 5.09. The Bertz CT molecular complexity index is 800. The Kier molecular flexibility index (Phi) is 6.78. The van der Waals surface area contributed by atoms with E-state index in [2.05, 4.69) is 20.3 Å². The molecule has 0 aliphatic heterocycles. The summed E-state index contributed by atoms with van der Waals surface area (Å²) in [5, 5.41) is 2.82. The predicted molar refractivity (Wildman–Crippen MR) is 95.0 cm³/mol. The van der Waals surface area contributed by atoms with Gasteiger partial charge in [-0.3, -0.25) is 4.98 Å². The summed E-state index contributed by atoms with van der Waals surface area (Å²) in [6.45, 7) is 5.48. The summed E-state index contributed by atoms with van der Waals surface area (Å²) >= 11 is 0. The molecule has 136 valence electrons. The minimum absolute atomic E-state index is 0.147. The fourth-order valence-electron chi connectivity index (χ4n) is 2.03. The van der Waals surface area contributed by atoms with E-state index in [1.54, 1.807) is 38.4 Å². The van der Waals surface area contributed by atoms with E-state index in [-0.39, 0.29) is 18.8 Å². The lowest BCUT2D eigenvalue weighted by molar-refractivity contribution is -0.146. The molecule has 0 fully saturated rings. The molecular formula is C18H20N4O4. The van der Waals surface area contributed by atoms with Crippen LogP contribution in [-0.4, -0.2) is 40.1 Å². The zero-order chi connectivity index (χ0) is 18.9. The van der Waals surface area contributed by atoms with Gasteiger partial charge in [0, 0.05) is 29.9 Å². The molecule has 2 aromatic rings. The number of rotatable bonds is 7. The lowest BCUT2D eigenvalue weighted by atomic mass is 10.2. The number of anilines is 1. The SMILES string of the molecule is CCOC(=O)C(=CNc1ccnc(-c2ccnc(C)c2)n1)C(=O)OCC. The Hall–Kier alpha value is -3.29. The van der Waals surface area contributed by atoms with Crippen LogP contribution in [0, 0.1) is 6.92 Å². The number of ether oxygens (including phenoxy) is 2. The van der Waals surface area contributed by atoms with Crippen LogP contribution in [-0.2, 0) is 19.1 Å². The van der Waals surface area contributed by atoms with Gasteiger partial charge in [0.2, 0.25) is 0 Å². The van der Waals surface area contributed by atoms with E-state index in [9.17, 15) is 9.59 Å². The Morgan fingerprint density at radius 2 is 1.73 bits per heavy atom. The molecule has 0 atom stereocenters. The molecule has 0 aliphatic carbocycles. The van der Waals surface area contributed by atoms with Crippen LogP contribution < -0.4 is 5.32 Å². The first-order valence-corrected chi connectivity index (χ1v) is 8.12.